The number of nitrogens with one attached hydrogen (secondary N) is 2. The van der Waals surface area contributed by atoms with Gasteiger partial charge in [0.1, 0.15) is 12.2 Å². The van der Waals surface area contributed by atoms with Crippen LogP contribution in [0.1, 0.15) is 25.0 Å². The highest BCUT2D eigenvalue weighted by Crippen LogP contribution is 2.29. The van der Waals surface area contributed by atoms with Gasteiger partial charge in [-0.25, -0.2) is 9.69 Å². The van der Waals surface area contributed by atoms with Gasteiger partial charge in [-0.2, -0.15) is 0 Å². The molecule has 1 aliphatic heterocycles. The molecule has 162 valence electrons. The fraction of sp³-hybridized carbons (Fsp3) is 0.261. The van der Waals surface area contributed by atoms with Gasteiger partial charge in [0, 0.05) is 5.69 Å². The number of hydrogen-bond acceptors (Lipinski definition) is 5. The molecule has 0 spiro atoms. The number of ether oxygens (including phenoxy) is 2. The number of carbonyl (C=O) groups is 3. The average molecular weight is 423 g/mol. The molecule has 31 heavy (non-hydrogen) atoms. The fourth-order valence-corrected chi connectivity index (χ4v) is 3.11. The smallest absolute Gasteiger partial charge is 0.329 e. The van der Waals surface area contributed by atoms with Crippen LogP contribution in [0.3, 0.4) is 0 Å². The van der Waals surface area contributed by atoms with Crippen LogP contribution in [0.2, 0.25) is 0 Å². The first kappa shape index (κ1) is 21.9. The van der Waals surface area contributed by atoms with Gasteiger partial charge in [0.2, 0.25) is 5.91 Å². The van der Waals surface area contributed by atoms with Gasteiger partial charge in [0.05, 0.1) is 13.2 Å². The third kappa shape index (κ3) is 5.42. The summed E-state index contributed by atoms with van der Waals surface area (Å²) in [7, 11) is 0. The second-order valence-electron chi connectivity index (χ2n) is 6.87. The van der Waals surface area contributed by atoms with Gasteiger partial charge in [-0.15, -0.1) is 0 Å². The van der Waals surface area contributed by atoms with Crippen molar-refractivity contribution in [3.05, 3.63) is 59.3 Å². The van der Waals surface area contributed by atoms with Crippen LogP contribution in [0.15, 0.2) is 48.2 Å². The van der Waals surface area contributed by atoms with E-state index in [4.69, 9.17) is 9.47 Å². The SMILES string of the molecule is CCOc1ccc(/C=C2/NC(=O)N(CC(=O)Nc3cccc(C)c3)C2=O)cc1OCC. The van der Waals surface area contributed by atoms with Gasteiger partial charge >= 0.3 is 6.03 Å². The summed E-state index contributed by atoms with van der Waals surface area (Å²) in [5.74, 6) is 0.110. The van der Waals surface area contributed by atoms with Crippen LogP contribution in [0.5, 0.6) is 11.5 Å². The number of hydrogen-bond donors (Lipinski definition) is 2. The van der Waals surface area contributed by atoms with Crippen molar-refractivity contribution >= 4 is 29.6 Å². The Labute approximate surface area is 180 Å². The molecule has 0 saturated carbocycles. The number of carbonyl (C=O) groups excluding carboxylic acids is 3. The Bertz CT molecular complexity index is 1030. The predicted molar refractivity (Wildman–Crippen MR) is 117 cm³/mol. The van der Waals surface area contributed by atoms with E-state index in [1.165, 1.54) is 6.08 Å². The maximum atomic E-state index is 12.7. The quantitative estimate of drug-likeness (QED) is 0.502. The van der Waals surface area contributed by atoms with Gasteiger partial charge in [0.15, 0.2) is 11.5 Å². The first-order chi connectivity index (χ1) is 14.9. The predicted octanol–water partition coefficient (Wildman–Crippen LogP) is 3.32. The number of rotatable bonds is 8. The molecule has 0 atom stereocenters. The van der Waals surface area contributed by atoms with E-state index in [1.807, 2.05) is 32.9 Å². The van der Waals surface area contributed by atoms with Crippen LogP contribution in [0, 0.1) is 6.92 Å². The minimum absolute atomic E-state index is 0.0833. The Kier molecular flexibility index (Phi) is 6.92. The largest absolute Gasteiger partial charge is 0.490 e. The second-order valence-corrected chi connectivity index (χ2v) is 6.87. The molecule has 2 aromatic rings. The lowest BCUT2D eigenvalue weighted by atomic mass is 10.1. The molecule has 3 rings (SSSR count). The Balaban J connectivity index is 1.72. The highest BCUT2D eigenvalue weighted by atomic mass is 16.5. The molecular weight excluding hydrogens is 398 g/mol. The summed E-state index contributed by atoms with van der Waals surface area (Å²) in [5.41, 5.74) is 2.33. The zero-order valence-electron chi connectivity index (χ0n) is 17.7. The van der Waals surface area contributed by atoms with E-state index in [0.29, 0.717) is 36.0 Å². The summed E-state index contributed by atoms with van der Waals surface area (Å²) < 4.78 is 11.1. The third-order valence-corrected chi connectivity index (χ3v) is 4.44. The van der Waals surface area contributed by atoms with Crippen molar-refractivity contribution in [1.82, 2.24) is 10.2 Å². The lowest BCUT2D eigenvalue weighted by Gasteiger charge is -2.12. The number of aryl methyl sites for hydroxylation is 1. The van der Waals surface area contributed by atoms with Crippen molar-refractivity contribution in [3.63, 3.8) is 0 Å². The van der Waals surface area contributed by atoms with Gasteiger partial charge in [0.25, 0.3) is 5.91 Å². The molecule has 4 amide bonds. The fourth-order valence-electron chi connectivity index (χ4n) is 3.11. The molecule has 0 aliphatic carbocycles. The Hall–Kier alpha value is -3.81. The first-order valence-electron chi connectivity index (χ1n) is 10.0. The van der Waals surface area contributed by atoms with Gasteiger partial charge < -0.3 is 20.1 Å². The highest BCUT2D eigenvalue weighted by Gasteiger charge is 2.35. The molecule has 2 N–H and O–H groups in total. The van der Waals surface area contributed by atoms with Crippen LogP contribution in [-0.2, 0) is 9.59 Å². The van der Waals surface area contributed by atoms with E-state index in [9.17, 15) is 14.4 Å². The number of urea groups is 1. The van der Waals surface area contributed by atoms with E-state index >= 15 is 0 Å². The molecule has 1 heterocycles. The summed E-state index contributed by atoms with van der Waals surface area (Å²) in [5, 5.41) is 5.21. The van der Waals surface area contributed by atoms with Crippen molar-refractivity contribution in [2.45, 2.75) is 20.8 Å². The summed E-state index contributed by atoms with van der Waals surface area (Å²) in [6.07, 6.45) is 1.54. The van der Waals surface area contributed by atoms with Crippen LogP contribution in [0.4, 0.5) is 10.5 Å². The summed E-state index contributed by atoms with van der Waals surface area (Å²) in [4.78, 5) is 38.1. The normalized spacial score (nSPS) is 14.5. The van der Waals surface area contributed by atoms with Crippen molar-refractivity contribution in [2.24, 2.45) is 0 Å². The molecule has 1 fully saturated rings. The molecule has 8 nitrogen and oxygen atoms in total. The van der Waals surface area contributed by atoms with Crippen molar-refractivity contribution in [3.8, 4) is 11.5 Å². The Morgan fingerprint density at radius 2 is 1.81 bits per heavy atom. The number of amides is 4. The lowest BCUT2D eigenvalue weighted by Crippen LogP contribution is -2.38. The standard InChI is InChI=1S/C23H25N3O5/c1-4-30-19-10-9-16(13-20(19)31-5-2)12-18-22(28)26(23(29)25-18)14-21(27)24-17-8-6-7-15(3)11-17/h6-13H,4-5,14H2,1-3H3,(H,24,27)(H,25,29)/b18-12+. The van der Waals surface area contributed by atoms with E-state index < -0.39 is 17.8 Å². The maximum Gasteiger partial charge on any atom is 0.329 e. The lowest BCUT2D eigenvalue weighted by molar-refractivity contribution is -0.127. The summed E-state index contributed by atoms with van der Waals surface area (Å²) in [6, 6.07) is 11.8. The van der Waals surface area contributed by atoms with Gasteiger partial charge in [-0.3, -0.25) is 9.59 Å². The first-order valence-corrected chi connectivity index (χ1v) is 10.0. The van der Waals surface area contributed by atoms with E-state index in [-0.39, 0.29) is 12.2 Å². The number of anilines is 1. The van der Waals surface area contributed by atoms with Crippen molar-refractivity contribution < 1.29 is 23.9 Å². The van der Waals surface area contributed by atoms with Crippen LogP contribution in [0.25, 0.3) is 6.08 Å². The number of imide groups is 1. The van der Waals surface area contributed by atoms with E-state index in [2.05, 4.69) is 10.6 Å². The maximum absolute atomic E-state index is 12.7. The molecule has 8 heteroatoms. The van der Waals surface area contributed by atoms with Crippen LogP contribution >= 0.6 is 0 Å². The molecule has 0 aromatic heterocycles. The van der Waals surface area contributed by atoms with Crippen molar-refractivity contribution in [2.75, 3.05) is 25.1 Å². The van der Waals surface area contributed by atoms with Crippen LogP contribution < -0.4 is 20.1 Å². The molecule has 1 aliphatic rings. The second kappa shape index (κ2) is 9.80. The minimum atomic E-state index is -0.647. The van der Waals surface area contributed by atoms with Crippen molar-refractivity contribution in [1.29, 1.82) is 0 Å². The Morgan fingerprint density at radius 1 is 1.06 bits per heavy atom. The molecule has 1 saturated heterocycles. The molecule has 0 radical (unpaired) electrons. The summed E-state index contributed by atoms with van der Waals surface area (Å²) in [6.45, 7) is 6.21. The zero-order valence-corrected chi connectivity index (χ0v) is 17.7. The van der Waals surface area contributed by atoms with E-state index in [1.54, 1.807) is 30.3 Å². The number of benzene rings is 2. The van der Waals surface area contributed by atoms with Gasteiger partial charge in [-0.05, 0) is 62.2 Å². The van der Waals surface area contributed by atoms with Gasteiger partial charge in [-0.1, -0.05) is 18.2 Å². The summed E-state index contributed by atoms with van der Waals surface area (Å²) >= 11 is 0. The third-order valence-electron chi connectivity index (χ3n) is 4.44. The van der Waals surface area contributed by atoms with Crippen LogP contribution in [-0.4, -0.2) is 42.5 Å². The van der Waals surface area contributed by atoms with E-state index in [0.717, 1.165) is 10.5 Å². The highest BCUT2D eigenvalue weighted by molar-refractivity contribution is 6.15. The molecule has 0 unspecified atom stereocenters. The molecule has 2 aromatic carbocycles. The number of nitrogens with zero attached hydrogens (tertiary/aromatic N) is 1. The molecule has 0 bridgehead atoms. The zero-order chi connectivity index (χ0) is 22.4. The molecular formula is C23H25N3O5. The minimum Gasteiger partial charge on any atom is -0.490 e. The monoisotopic (exact) mass is 423 g/mol. The topological polar surface area (TPSA) is 97.0 Å². The Morgan fingerprint density at radius 3 is 2.52 bits per heavy atom. The average Bonchev–Trinajstić information content (AvgIpc) is 2.97.